The van der Waals surface area contributed by atoms with Crippen molar-refractivity contribution in [2.24, 2.45) is 0 Å². The molecule has 0 aliphatic rings. The average Bonchev–Trinajstić information content (AvgIpc) is 2.18. The molecule has 1 rings (SSSR count). The third kappa shape index (κ3) is 3.39. The molecule has 1 aromatic carbocycles. The smallest absolute Gasteiger partial charge is 0.338 e. The molecule has 0 bridgehead atoms. The van der Waals surface area contributed by atoms with E-state index in [4.69, 9.17) is 5.11 Å². The van der Waals surface area contributed by atoms with Crippen LogP contribution in [0.1, 0.15) is 10.4 Å². The van der Waals surface area contributed by atoms with Crippen molar-refractivity contribution in [2.45, 2.75) is 4.90 Å². The quantitative estimate of drug-likeness (QED) is 0.841. The van der Waals surface area contributed by atoms with Crippen molar-refractivity contribution < 1.29 is 22.7 Å². The minimum absolute atomic E-state index is 0.152. The molecule has 4 nitrogen and oxygen atoms in total. The van der Waals surface area contributed by atoms with Crippen molar-refractivity contribution in [1.29, 1.82) is 0 Å². The van der Waals surface area contributed by atoms with Gasteiger partial charge in [0.1, 0.15) is 4.90 Å². The van der Waals surface area contributed by atoms with Crippen LogP contribution in [0.3, 0.4) is 0 Å². The summed E-state index contributed by atoms with van der Waals surface area (Å²) in [5.41, 5.74) is -0.705. The number of benzene rings is 1. The maximum Gasteiger partial charge on any atom is 0.338 e. The van der Waals surface area contributed by atoms with E-state index in [0.29, 0.717) is 0 Å². The molecule has 0 fully saturated rings. The van der Waals surface area contributed by atoms with Gasteiger partial charge in [-0.15, -0.1) is 0 Å². The number of carboxylic acid groups (broad SMARTS) is 1. The van der Waals surface area contributed by atoms with E-state index in [1.165, 1.54) is 0 Å². The molecule has 18 heavy (non-hydrogen) atoms. The lowest BCUT2D eigenvalue weighted by molar-refractivity contribution is 0.0691. The van der Waals surface area contributed by atoms with Crippen LogP contribution in [-0.2, 0) is 9.84 Å². The molecule has 0 aliphatic carbocycles. The highest BCUT2D eigenvalue weighted by Gasteiger charge is 2.25. The van der Waals surface area contributed by atoms with Gasteiger partial charge in [-0.3, -0.25) is 0 Å². The molecular formula is C10H7Br2FO4S. The number of aromatic carboxylic acids is 1. The third-order valence-electron chi connectivity index (χ3n) is 1.92. The van der Waals surface area contributed by atoms with Crippen LogP contribution in [0.4, 0.5) is 4.39 Å². The molecule has 0 saturated carbocycles. The Bertz CT molecular complexity index is 625. The second-order valence-electron chi connectivity index (χ2n) is 3.35. The van der Waals surface area contributed by atoms with Gasteiger partial charge in [-0.05, 0) is 12.1 Å². The normalized spacial score (nSPS) is 11.3. The fraction of sp³-hybridized carbons (Fsp3) is 0.100. The Labute approximate surface area is 120 Å². The lowest BCUT2D eigenvalue weighted by Gasteiger charge is -2.08. The number of hydrogen-bond acceptors (Lipinski definition) is 3. The molecule has 0 unspecified atom stereocenters. The summed E-state index contributed by atoms with van der Waals surface area (Å²) in [6, 6.07) is 2.02. The van der Waals surface area contributed by atoms with Crippen molar-refractivity contribution >= 4 is 47.7 Å². The maximum absolute atomic E-state index is 13.8. The maximum atomic E-state index is 13.8. The summed E-state index contributed by atoms with van der Waals surface area (Å²) in [6.45, 7) is 3.36. The Kier molecular flexibility index (Phi) is 4.68. The molecule has 0 saturated heterocycles. The van der Waals surface area contributed by atoms with Crippen molar-refractivity contribution in [3.05, 3.63) is 39.0 Å². The first-order chi connectivity index (χ1) is 8.15. The van der Waals surface area contributed by atoms with Crippen LogP contribution in [0.25, 0.3) is 0 Å². The van der Waals surface area contributed by atoms with Crippen LogP contribution < -0.4 is 0 Å². The van der Waals surface area contributed by atoms with E-state index in [-0.39, 0.29) is 8.96 Å². The number of rotatable bonds is 4. The summed E-state index contributed by atoms with van der Waals surface area (Å²) in [5, 5.41) is 8.78. The molecule has 98 valence electrons. The molecule has 0 aliphatic heterocycles. The van der Waals surface area contributed by atoms with Gasteiger partial charge in [0.05, 0.1) is 11.3 Å². The van der Waals surface area contributed by atoms with Crippen molar-refractivity contribution in [3.8, 4) is 0 Å². The molecule has 0 spiro atoms. The Hall–Kier alpha value is -0.730. The number of carbonyl (C=O) groups is 1. The highest BCUT2D eigenvalue weighted by molar-refractivity contribution is 9.11. The predicted molar refractivity (Wildman–Crippen MR) is 71.2 cm³/mol. The molecule has 8 heteroatoms. The number of hydrogen-bond donors (Lipinski definition) is 1. The Morgan fingerprint density at radius 3 is 2.44 bits per heavy atom. The molecule has 0 atom stereocenters. The van der Waals surface area contributed by atoms with Gasteiger partial charge in [0.15, 0.2) is 15.7 Å². The molecule has 0 amide bonds. The van der Waals surface area contributed by atoms with E-state index in [0.717, 1.165) is 12.1 Å². The minimum Gasteiger partial charge on any atom is -0.478 e. The zero-order valence-corrected chi connectivity index (χ0v) is 12.8. The summed E-state index contributed by atoms with van der Waals surface area (Å²) < 4.78 is 37.8. The standard InChI is InChI=1S/C10H7Br2FO4S/c1-5(11)4-18(16,17)8-3-6(12)2-7(9(8)13)10(14)15/h2-3H,1,4H2,(H,14,15). The van der Waals surface area contributed by atoms with Crippen molar-refractivity contribution in [1.82, 2.24) is 0 Å². The average molecular weight is 402 g/mol. The van der Waals surface area contributed by atoms with Gasteiger partial charge in [-0.25, -0.2) is 17.6 Å². The Balaban J connectivity index is 3.51. The summed E-state index contributed by atoms with van der Waals surface area (Å²) in [7, 11) is -3.98. The van der Waals surface area contributed by atoms with Gasteiger partial charge >= 0.3 is 5.97 Å². The van der Waals surface area contributed by atoms with E-state index in [2.05, 4.69) is 38.4 Å². The van der Waals surface area contributed by atoms with E-state index >= 15 is 0 Å². The number of halogens is 3. The van der Waals surface area contributed by atoms with Crippen LogP contribution in [0.15, 0.2) is 32.6 Å². The summed E-state index contributed by atoms with van der Waals surface area (Å²) >= 11 is 5.82. The second kappa shape index (κ2) is 5.50. The molecule has 0 aromatic heterocycles. The van der Waals surface area contributed by atoms with Crippen LogP contribution >= 0.6 is 31.9 Å². The van der Waals surface area contributed by atoms with Gasteiger partial charge < -0.3 is 5.11 Å². The molecule has 0 radical (unpaired) electrons. The number of carboxylic acids is 1. The summed E-state index contributed by atoms with van der Waals surface area (Å²) in [5.74, 6) is -3.33. The van der Waals surface area contributed by atoms with E-state index in [1.54, 1.807) is 0 Å². The zero-order chi connectivity index (χ0) is 14.1. The molecule has 1 aromatic rings. The van der Waals surface area contributed by atoms with E-state index in [1.807, 2.05) is 0 Å². The highest BCUT2D eigenvalue weighted by atomic mass is 79.9. The van der Waals surface area contributed by atoms with E-state index in [9.17, 15) is 17.6 Å². The molecular weight excluding hydrogens is 395 g/mol. The second-order valence-corrected chi connectivity index (χ2v) is 7.34. The van der Waals surface area contributed by atoms with Crippen LogP contribution in [0.2, 0.25) is 0 Å². The van der Waals surface area contributed by atoms with Gasteiger partial charge in [-0.1, -0.05) is 38.4 Å². The monoisotopic (exact) mass is 400 g/mol. The first-order valence-electron chi connectivity index (χ1n) is 4.43. The van der Waals surface area contributed by atoms with Gasteiger partial charge in [0, 0.05) is 8.96 Å². The summed E-state index contributed by atoms with van der Waals surface area (Å²) in [6.07, 6.45) is 0. The first-order valence-corrected chi connectivity index (χ1v) is 7.67. The summed E-state index contributed by atoms with van der Waals surface area (Å²) in [4.78, 5) is 10.1. The Morgan fingerprint density at radius 1 is 1.44 bits per heavy atom. The predicted octanol–water partition coefficient (Wildman–Crippen LogP) is 2.97. The number of sulfone groups is 1. The SMILES string of the molecule is C=C(Br)CS(=O)(=O)c1cc(Br)cc(C(=O)O)c1F. The largest absolute Gasteiger partial charge is 0.478 e. The molecule has 0 heterocycles. The van der Waals surface area contributed by atoms with Gasteiger partial charge in [-0.2, -0.15) is 0 Å². The third-order valence-corrected chi connectivity index (χ3v) is 4.72. The topological polar surface area (TPSA) is 71.4 Å². The van der Waals surface area contributed by atoms with Crippen LogP contribution in [0, 0.1) is 5.82 Å². The fourth-order valence-corrected chi connectivity index (χ4v) is 4.00. The fourth-order valence-electron chi connectivity index (χ4n) is 1.23. The van der Waals surface area contributed by atoms with Crippen LogP contribution in [-0.4, -0.2) is 25.2 Å². The van der Waals surface area contributed by atoms with Gasteiger partial charge in [0.2, 0.25) is 0 Å². The lowest BCUT2D eigenvalue weighted by atomic mass is 10.2. The van der Waals surface area contributed by atoms with Crippen molar-refractivity contribution in [2.75, 3.05) is 5.75 Å². The highest BCUT2D eigenvalue weighted by Crippen LogP contribution is 2.26. The van der Waals surface area contributed by atoms with Crippen molar-refractivity contribution in [3.63, 3.8) is 0 Å². The van der Waals surface area contributed by atoms with Crippen LogP contribution in [0.5, 0.6) is 0 Å². The van der Waals surface area contributed by atoms with Gasteiger partial charge in [0.25, 0.3) is 0 Å². The molecule has 1 N–H and O–H groups in total. The zero-order valence-electron chi connectivity index (χ0n) is 8.78. The van der Waals surface area contributed by atoms with E-state index < -0.39 is 37.8 Å². The lowest BCUT2D eigenvalue weighted by Crippen LogP contribution is -2.12. The first kappa shape index (κ1) is 15.3. The minimum atomic E-state index is -3.98. The Morgan fingerprint density at radius 2 is 2.00 bits per heavy atom.